The van der Waals surface area contributed by atoms with Gasteiger partial charge in [0.2, 0.25) is 0 Å². The number of imidazole rings is 1. The minimum Gasteiger partial charge on any atom is -0.337 e. The second kappa shape index (κ2) is 8.11. The molecule has 3 aromatic heterocycles. The summed E-state index contributed by atoms with van der Waals surface area (Å²) in [7, 11) is -1.81. The quantitative estimate of drug-likeness (QED) is 0.609. The highest BCUT2D eigenvalue weighted by Gasteiger charge is 2.31. The molecule has 1 aliphatic heterocycles. The van der Waals surface area contributed by atoms with E-state index in [1.165, 1.54) is 10.4 Å². The molecular weight excluding hydrogens is 404 g/mol. The summed E-state index contributed by atoms with van der Waals surface area (Å²) in [6, 6.07) is 5.15. The Bertz CT molecular complexity index is 1180. The summed E-state index contributed by atoms with van der Waals surface area (Å²) in [5.41, 5.74) is 1.35. The maximum Gasteiger partial charge on any atom is 0.262 e. The molecule has 0 aliphatic carbocycles. The number of aryl methyl sites for hydroxylation is 2. The fourth-order valence-corrected chi connectivity index (χ4v) is 5.13. The topological polar surface area (TPSA) is 103 Å². The first-order valence-corrected chi connectivity index (χ1v) is 11.3. The van der Waals surface area contributed by atoms with E-state index < -0.39 is 10.0 Å². The SMILES string of the molecule is Cc1nc(S(=O)(=O)N2CCC(Cn3cnc(-c4ccncc4)cc3=O)CC2)cn1C. The summed E-state index contributed by atoms with van der Waals surface area (Å²) in [5.74, 6) is 0.874. The zero-order valence-electron chi connectivity index (χ0n) is 17.0. The molecule has 0 atom stereocenters. The molecule has 30 heavy (non-hydrogen) atoms. The van der Waals surface area contributed by atoms with E-state index >= 15 is 0 Å². The van der Waals surface area contributed by atoms with Crippen molar-refractivity contribution >= 4 is 10.0 Å². The second-order valence-corrected chi connectivity index (χ2v) is 9.47. The van der Waals surface area contributed by atoms with E-state index in [0.29, 0.717) is 44.0 Å². The van der Waals surface area contributed by atoms with Crippen LogP contribution < -0.4 is 5.56 Å². The molecular formula is C20H24N6O3S. The van der Waals surface area contributed by atoms with Gasteiger partial charge in [-0.2, -0.15) is 4.31 Å². The summed E-state index contributed by atoms with van der Waals surface area (Å²) < 4.78 is 30.4. The summed E-state index contributed by atoms with van der Waals surface area (Å²) >= 11 is 0. The normalized spacial score (nSPS) is 16.1. The van der Waals surface area contributed by atoms with Crippen LogP contribution in [-0.2, 0) is 23.6 Å². The van der Waals surface area contributed by atoms with Gasteiger partial charge in [-0.1, -0.05) is 0 Å². The number of nitrogens with zero attached hydrogens (tertiary/aromatic N) is 6. The zero-order chi connectivity index (χ0) is 21.3. The Morgan fingerprint density at radius 2 is 1.87 bits per heavy atom. The van der Waals surface area contributed by atoms with Crippen molar-refractivity contribution in [2.24, 2.45) is 13.0 Å². The van der Waals surface area contributed by atoms with Crippen LogP contribution >= 0.6 is 0 Å². The lowest BCUT2D eigenvalue weighted by Gasteiger charge is -2.30. The Labute approximate surface area is 175 Å². The Balaban J connectivity index is 1.41. The van der Waals surface area contributed by atoms with Crippen LogP contribution in [-0.4, -0.2) is 49.9 Å². The van der Waals surface area contributed by atoms with Gasteiger partial charge in [-0.05, 0) is 37.8 Å². The average molecular weight is 429 g/mol. The molecule has 0 radical (unpaired) electrons. The lowest BCUT2D eigenvalue weighted by molar-refractivity contribution is 0.250. The number of rotatable bonds is 5. The number of sulfonamides is 1. The van der Waals surface area contributed by atoms with Gasteiger partial charge >= 0.3 is 0 Å². The van der Waals surface area contributed by atoms with Crippen molar-refractivity contribution in [2.75, 3.05) is 13.1 Å². The molecule has 9 nitrogen and oxygen atoms in total. The first-order chi connectivity index (χ1) is 14.3. The average Bonchev–Trinajstić information content (AvgIpc) is 3.10. The Kier molecular flexibility index (Phi) is 5.52. The van der Waals surface area contributed by atoms with Gasteiger partial charge in [0.1, 0.15) is 5.82 Å². The molecule has 0 unspecified atom stereocenters. The molecule has 10 heteroatoms. The molecule has 1 fully saturated rings. The monoisotopic (exact) mass is 428 g/mol. The second-order valence-electron chi connectivity index (χ2n) is 7.59. The third kappa shape index (κ3) is 4.05. The van der Waals surface area contributed by atoms with Crippen molar-refractivity contribution < 1.29 is 8.42 Å². The van der Waals surface area contributed by atoms with Crippen molar-refractivity contribution in [1.29, 1.82) is 0 Å². The van der Waals surface area contributed by atoms with E-state index in [1.54, 1.807) is 48.0 Å². The number of hydrogen-bond acceptors (Lipinski definition) is 6. The highest BCUT2D eigenvalue weighted by atomic mass is 32.2. The predicted molar refractivity (Wildman–Crippen MR) is 111 cm³/mol. The van der Waals surface area contributed by atoms with Crippen LogP contribution in [0.4, 0.5) is 0 Å². The Morgan fingerprint density at radius 1 is 1.17 bits per heavy atom. The lowest BCUT2D eigenvalue weighted by atomic mass is 9.98. The number of aromatic nitrogens is 5. The van der Waals surface area contributed by atoms with E-state index in [-0.39, 0.29) is 16.5 Å². The van der Waals surface area contributed by atoms with Crippen LogP contribution in [0.25, 0.3) is 11.3 Å². The van der Waals surface area contributed by atoms with Crippen LogP contribution in [0, 0.1) is 12.8 Å². The zero-order valence-corrected chi connectivity index (χ0v) is 17.8. The van der Waals surface area contributed by atoms with E-state index in [1.807, 2.05) is 12.1 Å². The number of piperidine rings is 1. The molecule has 4 heterocycles. The first-order valence-electron chi connectivity index (χ1n) is 9.81. The van der Waals surface area contributed by atoms with E-state index in [0.717, 1.165) is 5.56 Å². The van der Waals surface area contributed by atoms with E-state index in [4.69, 9.17) is 0 Å². The molecule has 0 bridgehead atoms. The van der Waals surface area contributed by atoms with Crippen LogP contribution in [0.3, 0.4) is 0 Å². The van der Waals surface area contributed by atoms with Crippen molar-refractivity contribution in [1.82, 2.24) is 28.4 Å². The van der Waals surface area contributed by atoms with Crippen LogP contribution in [0.15, 0.2) is 52.9 Å². The van der Waals surface area contributed by atoms with Gasteiger partial charge in [-0.3, -0.25) is 14.3 Å². The minimum atomic E-state index is -3.59. The van der Waals surface area contributed by atoms with Crippen LogP contribution in [0.1, 0.15) is 18.7 Å². The molecule has 1 aliphatic rings. The van der Waals surface area contributed by atoms with Crippen molar-refractivity contribution in [3.8, 4) is 11.3 Å². The predicted octanol–water partition coefficient (Wildman–Crippen LogP) is 1.45. The smallest absolute Gasteiger partial charge is 0.262 e. The molecule has 1 saturated heterocycles. The highest BCUT2D eigenvalue weighted by Crippen LogP contribution is 2.24. The van der Waals surface area contributed by atoms with Crippen molar-refractivity contribution in [2.45, 2.75) is 31.3 Å². The Hall–Kier alpha value is -2.85. The van der Waals surface area contributed by atoms with E-state index in [9.17, 15) is 13.2 Å². The van der Waals surface area contributed by atoms with Gasteiger partial charge < -0.3 is 4.57 Å². The van der Waals surface area contributed by atoms with Gasteiger partial charge in [0.05, 0.1) is 12.0 Å². The van der Waals surface area contributed by atoms with Crippen molar-refractivity contribution in [3.05, 3.63) is 59.3 Å². The molecule has 0 saturated carbocycles. The van der Waals surface area contributed by atoms with Gasteiger partial charge in [0.15, 0.2) is 5.03 Å². The molecule has 0 spiro atoms. The Morgan fingerprint density at radius 3 is 2.47 bits per heavy atom. The molecule has 0 N–H and O–H groups in total. The van der Waals surface area contributed by atoms with Gasteiger partial charge in [-0.25, -0.2) is 18.4 Å². The summed E-state index contributed by atoms with van der Waals surface area (Å²) in [6.45, 7) is 3.13. The molecule has 0 amide bonds. The van der Waals surface area contributed by atoms with Gasteiger partial charge in [-0.15, -0.1) is 0 Å². The van der Waals surface area contributed by atoms with Crippen molar-refractivity contribution in [3.63, 3.8) is 0 Å². The summed E-state index contributed by atoms with van der Waals surface area (Å²) in [5, 5.41) is 0.0908. The summed E-state index contributed by atoms with van der Waals surface area (Å²) in [4.78, 5) is 25.1. The third-order valence-corrected chi connectivity index (χ3v) is 7.34. The molecule has 4 rings (SSSR count). The van der Waals surface area contributed by atoms with E-state index in [2.05, 4.69) is 15.0 Å². The molecule has 3 aromatic rings. The fourth-order valence-electron chi connectivity index (χ4n) is 3.64. The summed E-state index contributed by atoms with van der Waals surface area (Å²) in [6.07, 6.45) is 7.81. The van der Waals surface area contributed by atoms with Gasteiger partial charge in [0, 0.05) is 56.9 Å². The van der Waals surface area contributed by atoms with Crippen LogP contribution in [0.2, 0.25) is 0 Å². The third-order valence-electron chi connectivity index (χ3n) is 5.57. The first kappa shape index (κ1) is 20.4. The minimum absolute atomic E-state index is 0.0908. The maximum atomic E-state index is 12.8. The molecule has 0 aromatic carbocycles. The number of pyridine rings is 1. The van der Waals surface area contributed by atoms with Crippen LogP contribution in [0.5, 0.6) is 0 Å². The number of hydrogen-bond donors (Lipinski definition) is 0. The molecule has 158 valence electrons. The highest BCUT2D eigenvalue weighted by molar-refractivity contribution is 7.89. The largest absolute Gasteiger partial charge is 0.337 e. The van der Waals surface area contributed by atoms with Gasteiger partial charge in [0.25, 0.3) is 15.6 Å². The standard InChI is InChI=1S/C20H24N6O3S/c1-15-23-19(13-24(15)2)30(28,29)26-9-5-16(6-10-26)12-25-14-22-18(11-20(25)27)17-3-7-21-8-4-17/h3-4,7-8,11,13-14,16H,5-6,9-10,12H2,1-2H3. The lowest BCUT2D eigenvalue weighted by Crippen LogP contribution is -2.40. The fraction of sp³-hybridized carbons (Fsp3) is 0.400. The maximum absolute atomic E-state index is 12.8.